The summed E-state index contributed by atoms with van der Waals surface area (Å²) >= 11 is 0. The molecule has 0 aliphatic heterocycles. The maximum Gasteiger partial charge on any atom is 0.387 e. The minimum atomic E-state index is -2.78. The Morgan fingerprint density at radius 1 is 1.24 bits per heavy atom. The van der Waals surface area contributed by atoms with Crippen LogP contribution in [0.1, 0.15) is 18.4 Å². The van der Waals surface area contributed by atoms with Gasteiger partial charge >= 0.3 is 6.61 Å². The molecule has 96 valence electrons. The highest BCUT2D eigenvalue weighted by Gasteiger charge is 2.08. The molecule has 0 radical (unpaired) electrons. The van der Waals surface area contributed by atoms with Crippen molar-refractivity contribution in [3.8, 4) is 5.75 Å². The maximum atomic E-state index is 12.1. The number of unbranched alkanes of at least 4 members (excludes halogenated alkanes) is 1. The molecular weight excluding hydrogens is 226 g/mol. The SMILES string of the molecule is NCCCCNCc1ccccc1OC(F)F. The summed E-state index contributed by atoms with van der Waals surface area (Å²) in [5.74, 6) is 0.230. The fourth-order valence-electron chi connectivity index (χ4n) is 1.48. The lowest BCUT2D eigenvalue weighted by Crippen LogP contribution is -2.17. The smallest absolute Gasteiger partial charge is 0.387 e. The minimum Gasteiger partial charge on any atom is -0.434 e. The number of nitrogens with one attached hydrogen (secondary N) is 1. The van der Waals surface area contributed by atoms with Crippen molar-refractivity contribution in [2.24, 2.45) is 5.73 Å². The summed E-state index contributed by atoms with van der Waals surface area (Å²) in [5.41, 5.74) is 6.11. The quantitative estimate of drug-likeness (QED) is 0.689. The molecule has 0 saturated carbocycles. The first-order valence-corrected chi connectivity index (χ1v) is 5.67. The summed E-state index contributed by atoms with van der Waals surface area (Å²) in [7, 11) is 0. The third-order valence-electron chi connectivity index (χ3n) is 2.31. The molecule has 3 N–H and O–H groups in total. The van der Waals surface area contributed by atoms with Gasteiger partial charge in [0.2, 0.25) is 0 Å². The number of ether oxygens (including phenoxy) is 1. The van der Waals surface area contributed by atoms with Crippen LogP contribution < -0.4 is 15.8 Å². The fourth-order valence-corrected chi connectivity index (χ4v) is 1.48. The van der Waals surface area contributed by atoms with E-state index in [1.807, 2.05) is 0 Å². The highest BCUT2D eigenvalue weighted by atomic mass is 19.3. The molecule has 17 heavy (non-hydrogen) atoms. The van der Waals surface area contributed by atoms with Gasteiger partial charge in [-0.3, -0.25) is 0 Å². The van der Waals surface area contributed by atoms with Crippen LogP contribution in [0.5, 0.6) is 5.75 Å². The van der Waals surface area contributed by atoms with Crippen molar-refractivity contribution in [3.63, 3.8) is 0 Å². The van der Waals surface area contributed by atoms with Crippen LogP contribution in [0.2, 0.25) is 0 Å². The monoisotopic (exact) mass is 244 g/mol. The van der Waals surface area contributed by atoms with E-state index in [0.29, 0.717) is 13.1 Å². The van der Waals surface area contributed by atoms with Gasteiger partial charge in [-0.15, -0.1) is 0 Å². The predicted octanol–water partition coefficient (Wildman–Crippen LogP) is 2.12. The maximum absolute atomic E-state index is 12.1. The highest BCUT2D eigenvalue weighted by molar-refractivity contribution is 5.33. The summed E-state index contributed by atoms with van der Waals surface area (Å²) in [6.07, 6.45) is 1.94. The van der Waals surface area contributed by atoms with E-state index in [-0.39, 0.29) is 5.75 Å². The van der Waals surface area contributed by atoms with Gasteiger partial charge in [-0.05, 0) is 32.0 Å². The first kappa shape index (κ1) is 13.9. The number of hydrogen-bond donors (Lipinski definition) is 2. The zero-order valence-corrected chi connectivity index (χ0v) is 9.66. The van der Waals surface area contributed by atoms with Crippen molar-refractivity contribution in [2.45, 2.75) is 26.0 Å². The van der Waals surface area contributed by atoms with Gasteiger partial charge in [0, 0.05) is 12.1 Å². The molecule has 0 saturated heterocycles. The Labute approximate surface area is 100.0 Å². The number of hydrogen-bond acceptors (Lipinski definition) is 3. The Morgan fingerprint density at radius 3 is 2.71 bits per heavy atom. The first-order chi connectivity index (χ1) is 8.24. The van der Waals surface area contributed by atoms with Crippen LogP contribution in [0.25, 0.3) is 0 Å². The minimum absolute atomic E-state index is 0.230. The van der Waals surface area contributed by atoms with Gasteiger partial charge in [-0.1, -0.05) is 18.2 Å². The van der Waals surface area contributed by atoms with E-state index in [4.69, 9.17) is 5.73 Å². The van der Waals surface area contributed by atoms with Gasteiger partial charge in [0.15, 0.2) is 0 Å². The summed E-state index contributed by atoms with van der Waals surface area (Å²) in [6.45, 7) is -0.770. The number of nitrogens with two attached hydrogens (primary N) is 1. The van der Waals surface area contributed by atoms with Crippen LogP contribution in [-0.2, 0) is 6.54 Å². The van der Waals surface area contributed by atoms with E-state index < -0.39 is 6.61 Å². The Morgan fingerprint density at radius 2 is 2.00 bits per heavy atom. The van der Waals surface area contributed by atoms with E-state index in [0.717, 1.165) is 24.9 Å². The lowest BCUT2D eigenvalue weighted by atomic mass is 10.2. The first-order valence-electron chi connectivity index (χ1n) is 5.67. The van der Waals surface area contributed by atoms with Crippen LogP contribution >= 0.6 is 0 Å². The number of alkyl halides is 2. The molecule has 0 spiro atoms. The van der Waals surface area contributed by atoms with Crippen molar-refractivity contribution < 1.29 is 13.5 Å². The summed E-state index contributed by atoms with van der Waals surface area (Å²) in [5, 5.41) is 3.17. The molecule has 0 bridgehead atoms. The van der Waals surface area contributed by atoms with E-state index >= 15 is 0 Å². The Bertz CT molecular complexity index is 321. The molecule has 5 heteroatoms. The molecule has 0 heterocycles. The lowest BCUT2D eigenvalue weighted by molar-refractivity contribution is -0.0504. The second-order valence-electron chi connectivity index (χ2n) is 3.66. The molecule has 3 nitrogen and oxygen atoms in total. The van der Waals surface area contributed by atoms with Crippen molar-refractivity contribution >= 4 is 0 Å². The summed E-state index contributed by atoms with van der Waals surface area (Å²) < 4.78 is 28.7. The van der Waals surface area contributed by atoms with Crippen LogP contribution in [0.3, 0.4) is 0 Å². The van der Waals surface area contributed by atoms with Gasteiger partial charge in [0.05, 0.1) is 0 Å². The number of halogens is 2. The van der Waals surface area contributed by atoms with Crippen molar-refractivity contribution in [1.29, 1.82) is 0 Å². The topological polar surface area (TPSA) is 47.3 Å². The Kier molecular flexibility index (Phi) is 6.50. The molecule has 1 rings (SSSR count). The van der Waals surface area contributed by atoms with Gasteiger partial charge in [-0.25, -0.2) is 0 Å². The van der Waals surface area contributed by atoms with Gasteiger partial charge < -0.3 is 15.8 Å². The predicted molar refractivity (Wildman–Crippen MR) is 63.1 cm³/mol. The molecule has 0 aliphatic carbocycles. The van der Waals surface area contributed by atoms with Crippen molar-refractivity contribution in [2.75, 3.05) is 13.1 Å². The van der Waals surface area contributed by atoms with E-state index in [1.54, 1.807) is 24.3 Å². The fraction of sp³-hybridized carbons (Fsp3) is 0.500. The summed E-state index contributed by atoms with van der Waals surface area (Å²) in [4.78, 5) is 0. The Hall–Kier alpha value is -1.20. The van der Waals surface area contributed by atoms with Crippen LogP contribution in [0.4, 0.5) is 8.78 Å². The van der Waals surface area contributed by atoms with Crippen LogP contribution in [0, 0.1) is 0 Å². The van der Waals surface area contributed by atoms with Crippen LogP contribution in [0.15, 0.2) is 24.3 Å². The van der Waals surface area contributed by atoms with E-state index in [1.165, 1.54) is 0 Å². The second kappa shape index (κ2) is 7.97. The largest absolute Gasteiger partial charge is 0.434 e. The molecule has 0 unspecified atom stereocenters. The number of rotatable bonds is 8. The zero-order chi connectivity index (χ0) is 12.5. The van der Waals surface area contributed by atoms with Crippen molar-refractivity contribution in [1.82, 2.24) is 5.32 Å². The number of benzene rings is 1. The van der Waals surface area contributed by atoms with Crippen LogP contribution in [-0.4, -0.2) is 19.7 Å². The normalized spacial score (nSPS) is 10.8. The lowest BCUT2D eigenvalue weighted by Gasteiger charge is -2.11. The van der Waals surface area contributed by atoms with E-state index in [2.05, 4.69) is 10.1 Å². The van der Waals surface area contributed by atoms with Crippen molar-refractivity contribution in [3.05, 3.63) is 29.8 Å². The molecule has 1 aromatic carbocycles. The average molecular weight is 244 g/mol. The molecule has 0 fully saturated rings. The van der Waals surface area contributed by atoms with Gasteiger partial charge in [0.25, 0.3) is 0 Å². The molecule has 0 atom stereocenters. The zero-order valence-electron chi connectivity index (χ0n) is 9.66. The second-order valence-corrected chi connectivity index (χ2v) is 3.66. The van der Waals surface area contributed by atoms with Gasteiger partial charge in [0.1, 0.15) is 5.75 Å². The van der Waals surface area contributed by atoms with E-state index in [9.17, 15) is 8.78 Å². The molecule has 0 amide bonds. The molecule has 0 aromatic heterocycles. The highest BCUT2D eigenvalue weighted by Crippen LogP contribution is 2.19. The third-order valence-corrected chi connectivity index (χ3v) is 2.31. The molecule has 1 aromatic rings. The molecule has 0 aliphatic rings. The third kappa shape index (κ3) is 5.60. The van der Waals surface area contributed by atoms with Gasteiger partial charge in [-0.2, -0.15) is 8.78 Å². The number of para-hydroxylation sites is 1. The standard InChI is InChI=1S/C12H18F2N2O/c13-12(14)17-11-6-2-1-5-10(11)9-16-8-4-3-7-15/h1-2,5-6,12,16H,3-4,7-9,15H2. The average Bonchev–Trinajstić information content (AvgIpc) is 2.30. The Balaban J connectivity index is 2.40. The summed E-state index contributed by atoms with van der Waals surface area (Å²) in [6, 6.07) is 6.79. The molecular formula is C12H18F2N2O.